The van der Waals surface area contributed by atoms with Crippen LogP contribution in [0.3, 0.4) is 0 Å². The molecule has 0 aliphatic heterocycles. The first-order valence-electron chi connectivity index (χ1n) is 7.17. The van der Waals surface area contributed by atoms with Crippen LogP contribution >= 0.6 is 0 Å². The number of rotatable bonds is 7. The molecular weight excluding hydrogens is 302 g/mol. The average Bonchev–Trinajstić information content (AvgIpc) is 2.56. The Bertz CT molecular complexity index is 660. The van der Waals surface area contributed by atoms with Gasteiger partial charge in [0.15, 0.2) is 11.6 Å². The number of hydrogen-bond donors (Lipinski definition) is 2. The van der Waals surface area contributed by atoms with Crippen LogP contribution in [0.4, 0.5) is 14.5 Å². The quantitative estimate of drug-likeness (QED) is 0.825. The van der Waals surface area contributed by atoms with Crippen LogP contribution in [0.2, 0.25) is 0 Å². The number of halogens is 2. The van der Waals surface area contributed by atoms with Gasteiger partial charge in [-0.2, -0.15) is 0 Å². The molecule has 6 heteroatoms. The van der Waals surface area contributed by atoms with Gasteiger partial charge in [0.2, 0.25) is 5.91 Å². The van der Waals surface area contributed by atoms with E-state index in [0.29, 0.717) is 18.7 Å². The normalized spacial score (nSPS) is 10.2. The lowest BCUT2D eigenvalue weighted by Gasteiger charge is -2.08. The molecule has 0 heterocycles. The van der Waals surface area contributed by atoms with Crippen LogP contribution in [-0.2, 0) is 11.2 Å². The third-order valence-electron chi connectivity index (χ3n) is 3.27. The van der Waals surface area contributed by atoms with Crippen LogP contribution < -0.4 is 15.4 Å². The van der Waals surface area contributed by atoms with Crippen LogP contribution in [-0.4, -0.2) is 26.1 Å². The number of carbonyl (C=O) groups is 1. The number of hydrogen-bond acceptors (Lipinski definition) is 3. The standard InChI is InChI=1S/C17H18F2N2O2/c1-23-14-5-2-12(3-6-14)8-9-20-17(22)11-21-13-4-7-15(18)16(19)10-13/h2-7,10,21H,8-9,11H2,1H3,(H,20,22). The molecular formula is C17H18F2N2O2. The van der Waals surface area contributed by atoms with Crippen molar-refractivity contribution in [3.8, 4) is 5.75 Å². The van der Waals surface area contributed by atoms with Crippen molar-refractivity contribution in [3.63, 3.8) is 0 Å². The molecule has 0 fully saturated rings. The average molecular weight is 320 g/mol. The highest BCUT2D eigenvalue weighted by Gasteiger charge is 2.04. The molecule has 23 heavy (non-hydrogen) atoms. The number of benzene rings is 2. The molecule has 0 bridgehead atoms. The zero-order valence-electron chi connectivity index (χ0n) is 12.7. The van der Waals surface area contributed by atoms with E-state index in [2.05, 4.69) is 10.6 Å². The highest BCUT2D eigenvalue weighted by atomic mass is 19.2. The summed E-state index contributed by atoms with van der Waals surface area (Å²) in [4.78, 5) is 11.7. The van der Waals surface area contributed by atoms with Crippen molar-refractivity contribution in [1.29, 1.82) is 0 Å². The van der Waals surface area contributed by atoms with E-state index in [4.69, 9.17) is 4.74 Å². The lowest BCUT2D eigenvalue weighted by atomic mass is 10.1. The lowest BCUT2D eigenvalue weighted by Crippen LogP contribution is -2.31. The zero-order valence-corrected chi connectivity index (χ0v) is 12.7. The molecule has 0 saturated carbocycles. The minimum atomic E-state index is -0.949. The van der Waals surface area contributed by atoms with Crippen LogP contribution in [0.5, 0.6) is 5.75 Å². The minimum Gasteiger partial charge on any atom is -0.497 e. The van der Waals surface area contributed by atoms with Gasteiger partial charge in [0.05, 0.1) is 13.7 Å². The maximum absolute atomic E-state index is 13.0. The van der Waals surface area contributed by atoms with E-state index in [-0.39, 0.29) is 12.5 Å². The molecule has 1 amide bonds. The summed E-state index contributed by atoms with van der Waals surface area (Å²) in [5.41, 5.74) is 1.44. The van der Waals surface area contributed by atoms with Crippen LogP contribution in [0.25, 0.3) is 0 Å². The number of carbonyl (C=O) groups excluding carboxylic acids is 1. The Labute approximate surface area is 133 Å². The maximum atomic E-state index is 13.0. The van der Waals surface area contributed by atoms with Crippen LogP contribution in [0.1, 0.15) is 5.56 Å². The third-order valence-corrected chi connectivity index (χ3v) is 3.27. The van der Waals surface area contributed by atoms with Crippen molar-refractivity contribution in [2.24, 2.45) is 0 Å². The van der Waals surface area contributed by atoms with Gasteiger partial charge in [-0.15, -0.1) is 0 Å². The van der Waals surface area contributed by atoms with E-state index in [9.17, 15) is 13.6 Å². The first-order chi connectivity index (χ1) is 11.1. The van der Waals surface area contributed by atoms with Crippen molar-refractivity contribution in [2.45, 2.75) is 6.42 Å². The fourth-order valence-corrected chi connectivity index (χ4v) is 1.99. The molecule has 0 saturated heterocycles. The Morgan fingerprint density at radius 2 is 1.83 bits per heavy atom. The molecule has 2 aromatic carbocycles. The van der Waals surface area contributed by atoms with E-state index in [1.807, 2.05) is 24.3 Å². The molecule has 4 nitrogen and oxygen atoms in total. The summed E-state index contributed by atoms with van der Waals surface area (Å²) in [6.07, 6.45) is 0.695. The van der Waals surface area contributed by atoms with Gasteiger partial charge >= 0.3 is 0 Å². The second-order valence-corrected chi connectivity index (χ2v) is 4.93. The highest BCUT2D eigenvalue weighted by molar-refractivity contribution is 5.80. The molecule has 0 aliphatic rings. The number of amides is 1. The van der Waals surface area contributed by atoms with Gasteiger partial charge in [-0.1, -0.05) is 12.1 Å². The molecule has 2 rings (SSSR count). The molecule has 0 radical (unpaired) electrons. The van der Waals surface area contributed by atoms with Crippen LogP contribution in [0.15, 0.2) is 42.5 Å². The van der Waals surface area contributed by atoms with E-state index in [0.717, 1.165) is 23.4 Å². The SMILES string of the molecule is COc1ccc(CCNC(=O)CNc2ccc(F)c(F)c2)cc1. The number of methoxy groups -OCH3 is 1. The largest absolute Gasteiger partial charge is 0.497 e. The van der Waals surface area contributed by atoms with Gasteiger partial charge in [-0.05, 0) is 36.2 Å². The van der Waals surface area contributed by atoms with E-state index in [1.54, 1.807) is 7.11 Å². The van der Waals surface area contributed by atoms with Crippen molar-refractivity contribution >= 4 is 11.6 Å². The van der Waals surface area contributed by atoms with Gasteiger partial charge in [0.1, 0.15) is 5.75 Å². The molecule has 0 aromatic heterocycles. The summed E-state index contributed by atoms with van der Waals surface area (Å²) in [5.74, 6) is -1.30. The summed E-state index contributed by atoms with van der Waals surface area (Å²) in [7, 11) is 1.61. The topological polar surface area (TPSA) is 50.4 Å². The van der Waals surface area contributed by atoms with Crippen LogP contribution in [0, 0.1) is 11.6 Å². The molecule has 0 unspecified atom stereocenters. The summed E-state index contributed by atoms with van der Waals surface area (Å²) in [6.45, 7) is 0.484. The Morgan fingerprint density at radius 1 is 1.09 bits per heavy atom. The van der Waals surface area contributed by atoms with Crippen molar-refractivity contribution in [2.75, 3.05) is 25.5 Å². The van der Waals surface area contributed by atoms with E-state index < -0.39 is 11.6 Å². The number of ether oxygens (including phenoxy) is 1. The fraction of sp³-hybridized carbons (Fsp3) is 0.235. The molecule has 0 aliphatic carbocycles. The third kappa shape index (κ3) is 5.25. The van der Waals surface area contributed by atoms with E-state index in [1.165, 1.54) is 6.07 Å². The molecule has 122 valence electrons. The first kappa shape index (κ1) is 16.7. The second-order valence-electron chi connectivity index (χ2n) is 4.93. The lowest BCUT2D eigenvalue weighted by molar-refractivity contribution is -0.119. The van der Waals surface area contributed by atoms with Gasteiger partial charge in [-0.3, -0.25) is 4.79 Å². The summed E-state index contributed by atoms with van der Waals surface area (Å²) >= 11 is 0. The molecule has 0 atom stereocenters. The van der Waals surface area contributed by atoms with Gasteiger partial charge in [0, 0.05) is 18.3 Å². The zero-order chi connectivity index (χ0) is 16.7. The summed E-state index contributed by atoms with van der Waals surface area (Å²) in [5, 5.41) is 5.50. The van der Waals surface area contributed by atoms with Gasteiger partial charge in [-0.25, -0.2) is 8.78 Å². The molecule has 2 aromatic rings. The Morgan fingerprint density at radius 3 is 2.48 bits per heavy atom. The fourth-order valence-electron chi connectivity index (χ4n) is 1.99. The smallest absolute Gasteiger partial charge is 0.239 e. The molecule has 2 N–H and O–H groups in total. The Balaban J connectivity index is 1.71. The first-order valence-corrected chi connectivity index (χ1v) is 7.17. The molecule has 0 spiro atoms. The number of anilines is 1. The van der Waals surface area contributed by atoms with E-state index >= 15 is 0 Å². The van der Waals surface area contributed by atoms with Gasteiger partial charge in [0.25, 0.3) is 0 Å². The predicted octanol–water partition coefficient (Wildman–Crippen LogP) is 2.74. The van der Waals surface area contributed by atoms with Crippen molar-refractivity contribution in [1.82, 2.24) is 5.32 Å². The predicted molar refractivity (Wildman–Crippen MR) is 84.6 cm³/mol. The Kier molecular flexibility index (Phi) is 5.91. The Hall–Kier alpha value is -2.63. The van der Waals surface area contributed by atoms with Gasteiger partial charge < -0.3 is 15.4 Å². The number of nitrogens with one attached hydrogen (secondary N) is 2. The minimum absolute atomic E-state index is 0.00626. The monoisotopic (exact) mass is 320 g/mol. The van der Waals surface area contributed by atoms with Crippen molar-refractivity contribution in [3.05, 3.63) is 59.7 Å². The second kappa shape index (κ2) is 8.12. The highest BCUT2D eigenvalue weighted by Crippen LogP contribution is 2.13. The summed E-state index contributed by atoms with van der Waals surface area (Å²) < 4.78 is 30.9. The summed E-state index contributed by atoms with van der Waals surface area (Å²) in [6, 6.07) is 11.0. The maximum Gasteiger partial charge on any atom is 0.239 e. The van der Waals surface area contributed by atoms with Crippen molar-refractivity contribution < 1.29 is 18.3 Å².